The summed E-state index contributed by atoms with van der Waals surface area (Å²) in [7, 11) is -2.12. The molecule has 0 amide bonds. The molecule has 0 saturated heterocycles. The predicted octanol–water partition coefficient (Wildman–Crippen LogP) is 1.09. The molecule has 0 fully saturated rings. The SMILES string of the molecule is CCCNS(=O)(=O)c1ccc(CC(=O)OC)cc1. The van der Waals surface area contributed by atoms with Gasteiger partial charge in [0.25, 0.3) is 0 Å². The second-order valence-electron chi connectivity index (χ2n) is 3.79. The summed E-state index contributed by atoms with van der Waals surface area (Å²) in [5, 5.41) is 0. The highest BCUT2D eigenvalue weighted by atomic mass is 32.2. The zero-order chi connectivity index (χ0) is 13.6. The van der Waals surface area contributed by atoms with Crippen molar-refractivity contribution >= 4 is 16.0 Å². The summed E-state index contributed by atoms with van der Waals surface area (Å²) in [6.07, 6.45) is 0.874. The quantitative estimate of drug-likeness (QED) is 0.786. The van der Waals surface area contributed by atoms with Crippen molar-refractivity contribution in [2.75, 3.05) is 13.7 Å². The highest BCUT2D eigenvalue weighted by Crippen LogP contribution is 2.11. The van der Waals surface area contributed by atoms with E-state index in [0.29, 0.717) is 6.54 Å². The van der Waals surface area contributed by atoms with Gasteiger partial charge in [-0.15, -0.1) is 0 Å². The van der Waals surface area contributed by atoms with Crippen molar-refractivity contribution in [1.82, 2.24) is 4.72 Å². The topological polar surface area (TPSA) is 72.5 Å². The normalized spacial score (nSPS) is 11.2. The maximum Gasteiger partial charge on any atom is 0.309 e. The highest BCUT2D eigenvalue weighted by Gasteiger charge is 2.13. The molecule has 1 aromatic rings. The number of ether oxygens (including phenoxy) is 1. The monoisotopic (exact) mass is 271 g/mol. The standard InChI is InChI=1S/C12H17NO4S/c1-3-8-13-18(15,16)11-6-4-10(5-7-11)9-12(14)17-2/h4-7,13H,3,8-9H2,1-2H3. The molecule has 1 N–H and O–H groups in total. The molecule has 0 bridgehead atoms. The smallest absolute Gasteiger partial charge is 0.309 e. The zero-order valence-corrected chi connectivity index (χ0v) is 11.3. The van der Waals surface area contributed by atoms with Crippen molar-refractivity contribution < 1.29 is 17.9 Å². The number of esters is 1. The van der Waals surface area contributed by atoms with E-state index >= 15 is 0 Å². The summed E-state index contributed by atoms with van der Waals surface area (Å²) in [6, 6.07) is 6.18. The van der Waals surface area contributed by atoms with Gasteiger partial charge in [-0.05, 0) is 24.1 Å². The van der Waals surface area contributed by atoms with Crippen LogP contribution in [-0.4, -0.2) is 28.0 Å². The Hall–Kier alpha value is -1.40. The van der Waals surface area contributed by atoms with Crippen molar-refractivity contribution in [1.29, 1.82) is 0 Å². The van der Waals surface area contributed by atoms with E-state index in [1.54, 1.807) is 12.1 Å². The molecule has 0 aliphatic heterocycles. The molecule has 0 aromatic heterocycles. The van der Waals surface area contributed by atoms with Crippen LogP contribution in [0.1, 0.15) is 18.9 Å². The second kappa shape index (κ2) is 6.51. The molecule has 0 atom stereocenters. The lowest BCUT2D eigenvalue weighted by atomic mass is 10.2. The zero-order valence-electron chi connectivity index (χ0n) is 10.5. The first-order chi connectivity index (χ1) is 8.49. The second-order valence-corrected chi connectivity index (χ2v) is 5.56. The molecule has 0 unspecified atom stereocenters. The molecule has 1 rings (SSSR count). The van der Waals surface area contributed by atoms with Crippen LogP contribution in [0, 0.1) is 0 Å². The molecule has 0 radical (unpaired) electrons. The van der Waals surface area contributed by atoms with Gasteiger partial charge < -0.3 is 4.74 Å². The van der Waals surface area contributed by atoms with Crippen molar-refractivity contribution in [3.05, 3.63) is 29.8 Å². The van der Waals surface area contributed by atoms with Gasteiger partial charge in [0.05, 0.1) is 18.4 Å². The molecule has 0 saturated carbocycles. The third-order valence-corrected chi connectivity index (χ3v) is 3.83. The Morgan fingerprint density at radius 1 is 1.28 bits per heavy atom. The number of hydrogen-bond donors (Lipinski definition) is 1. The van der Waals surface area contributed by atoms with E-state index in [4.69, 9.17) is 0 Å². The van der Waals surface area contributed by atoms with Gasteiger partial charge in [-0.2, -0.15) is 0 Å². The highest BCUT2D eigenvalue weighted by molar-refractivity contribution is 7.89. The Labute approximate surface area is 107 Å². The van der Waals surface area contributed by atoms with Crippen molar-refractivity contribution in [3.8, 4) is 0 Å². The van der Waals surface area contributed by atoms with E-state index in [9.17, 15) is 13.2 Å². The lowest BCUT2D eigenvalue weighted by Crippen LogP contribution is -2.24. The summed E-state index contributed by atoms with van der Waals surface area (Å²) >= 11 is 0. The Kier molecular flexibility index (Phi) is 5.30. The van der Waals surface area contributed by atoms with Crippen LogP contribution < -0.4 is 4.72 Å². The Balaban J connectivity index is 2.79. The maximum atomic E-state index is 11.8. The van der Waals surface area contributed by atoms with E-state index in [-0.39, 0.29) is 17.3 Å². The Morgan fingerprint density at radius 3 is 2.39 bits per heavy atom. The van der Waals surface area contributed by atoms with E-state index in [1.807, 2.05) is 6.92 Å². The van der Waals surface area contributed by atoms with Gasteiger partial charge in [0.1, 0.15) is 0 Å². The molecule has 0 spiro atoms. The maximum absolute atomic E-state index is 11.8. The molecule has 6 heteroatoms. The fraction of sp³-hybridized carbons (Fsp3) is 0.417. The molecule has 1 aromatic carbocycles. The minimum absolute atomic E-state index is 0.138. The first-order valence-corrected chi connectivity index (χ1v) is 7.13. The summed E-state index contributed by atoms with van der Waals surface area (Å²) in [5.74, 6) is -0.352. The molecule has 0 heterocycles. The number of nitrogens with one attached hydrogen (secondary N) is 1. The van der Waals surface area contributed by atoms with Crippen LogP contribution in [0.4, 0.5) is 0 Å². The minimum Gasteiger partial charge on any atom is -0.469 e. The van der Waals surface area contributed by atoms with Gasteiger partial charge >= 0.3 is 5.97 Å². The van der Waals surface area contributed by atoms with Crippen LogP contribution >= 0.6 is 0 Å². The van der Waals surface area contributed by atoms with Crippen LogP contribution in [0.2, 0.25) is 0 Å². The van der Waals surface area contributed by atoms with Gasteiger partial charge in [-0.25, -0.2) is 13.1 Å². The molecule has 18 heavy (non-hydrogen) atoms. The van der Waals surface area contributed by atoms with E-state index in [2.05, 4.69) is 9.46 Å². The van der Waals surface area contributed by atoms with Crippen LogP contribution in [0.15, 0.2) is 29.2 Å². The fourth-order valence-corrected chi connectivity index (χ4v) is 2.48. The lowest BCUT2D eigenvalue weighted by molar-refractivity contribution is -0.139. The van der Waals surface area contributed by atoms with Gasteiger partial charge in [0.15, 0.2) is 0 Å². The summed E-state index contributed by atoms with van der Waals surface area (Å²) in [4.78, 5) is 11.3. The number of benzene rings is 1. The number of rotatable bonds is 6. The van der Waals surface area contributed by atoms with Gasteiger partial charge in [0.2, 0.25) is 10.0 Å². The van der Waals surface area contributed by atoms with Crippen LogP contribution in [0.3, 0.4) is 0 Å². The van der Waals surface area contributed by atoms with Gasteiger partial charge in [0, 0.05) is 6.54 Å². The third-order valence-electron chi connectivity index (χ3n) is 2.35. The number of carbonyl (C=O) groups is 1. The molecular formula is C12H17NO4S. The third kappa shape index (κ3) is 4.12. The fourth-order valence-electron chi connectivity index (χ4n) is 1.35. The Bertz CT molecular complexity index is 493. The number of sulfonamides is 1. The van der Waals surface area contributed by atoms with E-state index in [1.165, 1.54) is 19.2 Å². The van der Waals surface area contributed by atoms with Gasteiger partial charge in [-0.3, -0.25) is 4.79 Å². The van der Waals surface area contributed by atoms with E-state index in [0.717, 1.165) is 12.0 Å². The molecule has 100 valence electrons. The molecule has 0 aliphatic rings. The summed E-state index contributed by atoms with van der Waals surface area (Å²) in [6.45, 7) is 2.30. The first-order valence-electron chi connectivity index (χ1n) is 5.65. The van der Waals surface area contributed by atoms with Crippen LogP contribution in [0.25, 0.3) is 0 Å². The Morgan fingerprint density at radius 2 is 1.89 bits per heavy atom. The summed E-state index contributed by atoms with van der Waals surface area (Å²) < 4.78 is 30.6. The van der Waals surface area contributed by atoms with Crippen LogP contribution in [-0.2, 0) is 26.0 Å². The molecule has 0 aliphatic carbocycles. The first kappa shape index (κ1) is 14.7. The van der Waals surface area contributed by atoms with Crippen LogP contribution in [0.5, 0.6) is 0 Å². The average molecular weight is 271 g/mol. The largest absolute Gasteiger partial charge is 0.469 e. The van der Waals surface area contributed by atoms with Crippen molar-refractivity contribution in [3.63, 3.8) is 0 Å². The lowest BCUT2D eigenvalue weighted by Gasteiger charge is -2.06. The minimum atomic E-state index is -3.44. The number of carbonyl (C=O) groups excluding carboxylic acids is 1. The number of hydrogen-bond acceptors (Lipinski definition) is 4. The predicted molar refractivity (Wildman–Crippen MR) is 67.6 cm³/mol. The molecule has 5 nitrogen and oxygen atoms in total. The van der Waals surface area contributed by atoms with E-state index < -0.39 is 10.0 Å². The average Bonchev–Trinajstić information content (AvgIpc) is 2.37. The van der Waals surface area contributed by atoms with Crippen molar-refractivity contribution in [2.24, 2.45) is 0 Å². The van der Waals surface area contributed by atoms with Gasteiger partial charge in [-0.1, -0.05) is 19.1 Å². The molecular weight excluding hydrogens is 254 g/mol. The van der Waals surface area contributed by atoms with Crippen molar-refractivity contribution in [2.45, 2.75) is 24.7 Å². The number of methoxy groups -OCH3 is 1. The summed E-state index contributed by atoms with van der Waals surface area (Å²) in [5.41, 5.74) is 0.719.